The molecule has 0 spiro atoms. The summed E-state index contributed by atoms with van der Waals surface area (Å²) < 4.78 is 5.12. The first-order valence-electron chi connectivity index (χ1n) is 4.40. The van der Waals surface area contributed by atoms with E-state index in [1.165, 1.54) is 0 Å². The molecule has 0 amide bonds. The smallest absolute Gasteiger partial charge is 0.188 e. The molecule has 0 radical (unpaired) electrons. The third-order valence-electron chi connectivity index (χ3n) is 2.40. The molecule has 3 heteroatoms. The molecule has 0 saturated heterocycles. The average molecular weight is 194 g/mol. The predicted octanol–water partition coefficient (Wildman–Crippen LogP) is 1.49. The van der Waals surface area contributed by atoms with Crippen molar-refractivity contribution in [3.63, 3.8) is 0 Å². The maximum absolute atomic E-state index is 11.3. The van der Waals surface area contributed by atoms with Gasteiger partial charge in [0.2, 0.25) is 0 Å². The molecule has 0 bridgehead atoms. The molecule has 0 aliphatic heterocycles. The van der Waals surface area contributed by atoms with E-state index in [2.05, 4.69) is 0 Å². The van der Waals surface area contributed by atoms with Gasteiger partial charge in [0, 0.05) is 5.56 Å². The first-order valence-corrected chi connectivity index (χ1v) is 4.40. The second-order valence-electron chi connectivity index (χ2n) is 3.15. The van der Waals surface area contributed by atoms with Crippen molar-refractivity contribution in [1.29, 1.82) is 0 Å². The molecule has 3 nitrogen and oxygen atoms in total. The van der Waals surface area contributed by atoms with Crippen molar-refractivity contribution in [2.45, 2.75) is 13.8 Å². The van der Waals surface area contributed by atoms with Gasteiger partial charge in [-0.05, 0) is 37.1 Å². The zero-order valence-corrected chi connectivity index (χ0v) is 8.63. The second-order valence-corrected chi connectivity index (χ2v) is 3.15. The van der Waals surface area contributed by atoms with E-state index in [0.717, 1.165) is 16.9 Å². The number of carbonyl (C=O) groups is 1. The maximum Gasteiger partial charge on any atom is 0.188 e. The molecule has 0 saturated carbocycles. The zero-order chi connectivity index (χ0) is 10.7. The molecule has 14 heavy (non-hydrogen) atoms. The lowest BCUT2D eigenvalue weighted by Gasteiger charge is -2.10. The molecular weight excluding hydrogens is 180 g/mol. The van der Waals surface area contributed by atoms with Crippen molar-refractivity contribution in [2.24, 2.45) is 0 Å². The van der Waals surface area contributed by atoms with Crippen LogP contribution in [0.25, 0.3) is 0 Å². The summed E-state index contributed by atoms with van der Waals surface area (Å²) in [6.45, 7) is 3.29. The maximum atomic E-state index is 11.3. The van der Waals surface area contributed by atoms with Gasteiger partial charge in [0.25, 0.3) is 0 Å². The molecule has 1 N–H and O–H groups in total. The molecule has 1 aromatic rings. The van der Waals surface area contributed by atoms with Crippen molar-refractivity contribution < 1.29 is 14.6 Å². The van der Waals surface area contributed by atoms with Crippen molar-refractivity contribution >= 4 is 5.78 Å². The van der Waals surface area contributed by atoms with Crippen LogP contribution in [0.1, 0.15) is 21.5 Å². The number of hydrogen-bond donors (Lipinski definition) is 1. The van der Waals surface area contributed by atoms with Gasteiger partial charge in [-0.25, -0.2) is 0 Å². The summed E-state index contributed by atoms with van der Waals surface area (Å²) in [5.41, 5.74) is 2.36. The fourth-order valence-electron chi connectivity index (χ4n) is 1.40. The SMILES string of the molecule is COc1ccc(C(=O)CO)c(C)c1C. The zero-order valence-electron chi connectivity index (χ0n) is 8.63. The molecule has 0 fully saturated rings. The van der Waals surface area contributed by atoms with Crippen LogP contribution >= 0.6 is 0 Å². The Kier molecular flexibility index (Phi) is 3.25. The van der Waals surface area contributed by atoms with Crippen molar-refractivity contribution in [2.75, 3.05) is 13.7 Å². The highest BCUT2D eigenvalue weighted by Crippen LogP contribution is 2.23. The summed E-state index contributed by atoms with van der Waals surface area (Å²) in [5, 5.41) is 8.75. The molecule has 0 unspecified atom stereocenters. The Morgan fingerprint density at radius 1 is 1.36 bits per heavy atom. The molecule has 0 aliphatic rings. The van der Waals surface area contributed by atoms with Crippen LogP contribution in [-0.2, 0) is 0 Å². The fraction of sp³-hybridized carbons (Fsp3) is 0.364. The van der Waals surface area contributed by atoms with E-state index in [1.54, 1.807) is 19.2 Å². The van der Waals surface area contributed by atoms with Gasteiger partial charge in [-0.1, -0.05) is 0 Å². The minimum absolute atomic E-state index is 0.256. The molecule has 1 rings (SSSR count). The van der Waals surface area contributed by atoms with E-state index >= 15 is 0 Å². The molecule has 1 aromatic carbocycles. The van der Waals surface area contributed by atoms with Crippen LogP contribution in [0.2, 0.25) is 0 Å². The summed E-state index contributed by atoms with van der Waals surface area (Å²) in [4.78, 5) is 11.3. The third-order valence-corrected chi connectivity index (χ3v) is 2.40. The van der Waals surface area contributed by atoms with Gasteiger partial charge in [0.1, 0.15) is 12.4 Å². The number of Topliss-reactive ketones (excluding diaryl/α,β-unsaturated/α-hetero) is 1. The van der Waals surface area contributed by atoms with Crippen LogP contribution in [0.15, 0.2) is 12.1 Å². The largest absolute Gasteiger partial charge is 0.496 e. The van der Waals surface area contributed by atoms with Crippen molar-refractivity contribution in [3.8, 4) is 5.75 Å². The van der Waals surface area contributed by atoms with E-state index < -0.39 is 6.61 Å². The Balaban J connectivity index is 3.24. The number of ether oxygens (including phenoxy) is 1. The minimum Gasteiger partial charge on any atom is -0.496 e. The highest BCUT2D eigenvalue weighted by molar-refractivity contribution is 5.98. The number of aliphatic hydroxyl groups excluding tert-OH is 1. The van der Waals surface area contributed by atoms with Crippen molar-refractivity contribution in [3.05, 3.63) is 28.8 Å². The third kappa shape index (κ3) is 1.77. The van der Waals surface area contributed by atoms with Crippen LogP contribution < -0.4 is 4.74 Å². The van der Waals surface area contributed by atoms with Gasteiger partial charge in [0.05, 0.1) is 7.11 Å². The minimum atomic E-state index is -0.452. The van der Waals surface area contributed by atoms with Gasteiger partial charge >= 0.3 is 0 Å². The average Bonchev–Trinajstić information content (AvgIpc) is 2.21. The van der Waals surface area contributed by atoms with E-state index in [-0.39, 0.29) is 5.78 Å². The number of carbonyl (C=O) groups excluding carboxylic acids is 1. The molecule has 0 atom stereocenters. The molecule has 0 aliphatic carbocycles. The lowest BCUT2D eigenvalue weighted by molar-refractivity contribution is 0.0903. The lowest BCUT2D eigenvalue weighted by Crippen LogP contribution is -2.07. The predicted molar refractivity (Wildman–Crippen MR) is 53.9 cm³/mol. The summed E-state index contributed by atoms with van der Waals surface area (Å²) in [6, 6.07) is 3.42. The molecule has 76 valence electrons. The topological polar surface area (TPSA) is 46.5 Å². The summed E-state index contributed by atoms with van der Waals surface area (Å²) >= 11 is 0. The number of ketones is 1. The van der Waals surface area contributed by atoms with E-state index in [0.29, 0.717) is 5.56 Å². The van der Waals surface area contributed by atoms with E-state index in [1.807, 2.05) is 13.8 Å². The molecule has 0 aromatic heterocycles. The Morgan fingerprint density at radius 2 is 2.00 bits per heavy atom. The van der Waals surface area contributed by atoms with Gasteiger partial charge in [-0.3, -0.25) is 4.79 Å². The normalized spacial score (nSPS) is 10.0. The van der Waals surface area contributed by atoms with Gasteiger partial charge in [-0.2, -0.15) is 0 Å². The summed E-state index contributed by atoms with van der Waals surface area (Å²) in [7, 11) is 1.59. The molecule has 0 heterocycles. The second kappa shape index (κ2) is 4.24. The van der Waals surface area contributed by atoms with Gasteiger partial charge < -0.3 is 9.84 Å². The Morgan fingerprint density at radius 3 is 2.50 bits per heavy atom. The van der Waals surface area contributed by atoms with Gasteiger partial charge in [0.15, 0.2) is 5.78 Å². The number of aliphatic hydroxyl groups is 1. The number of methoxy groups -OCH3 is 1. The van der Waals surface area contributed by atoms with Gasteiger partial charge in [-0.15, -0.1) is 0 Å². The van der Waals surface area contributed by atoms with Crippen LogP contribution in [-0.4, -0.2) is 24.6 Å². The lowest BCUT2D eigenvalue weighted by atomic mass is 9.99. The standard InChI is InChI=1S/C11H14O3/c1-7-8(2)11(14-3)5-4-9(7)10(13)6-12/h4-5,12H,6H2,1-3H3. The highest BCUT2D eigenvalue weighted by Gasteiger charge is 2.11. The number of hydrogen-bond acceptors (Lipinski definition) is 3. The number of benzene rings is 1. The Bertz CT molecular complexity index is 356. The number of rotatable bonds is 3. The summed E-state index contributed by atoms with van der Waals surface area (Å²) in [5.74, 6) is 0.505. The van der Waals surface area contributed by atoms with Crippen LogP contribution in [0, 0.1) is 13.8 Å². The fourth-order valence-corrected chi connectivity index (χ4v) is 1.40. The quantitative estimate of drug-likeness (QED) is 0.741. The Hall–Kier alpha value is -1.35. The first-order chi connectivity index (χ1) is 6.61. The van der Waals surface area contributed by atoms with Crippen molar-refractivity contribution in [1.82, 2.24) is 0 Å². The van der Waals surface area contributed by atoms with Crippen LogP contribution in [0.3, 0.4) is 0 Å². The Labute approximate surface area is 83.3 Å². The molecular formula is C11H14O3. The van der Waals surface area contributed by atoms with E-state index in [9.17, 15) is 4.79 Å². The first kappa shape index (κ1) is 10.7. The van der Waals surface area contributed by atoms with Crippen LogP contribution in [0.5, 0.6) is 5.75 Å². The van der Waals surface area contributed by atoms with E-state index in [4.69, 9.17) is 9.84 Å². The van der Waals surface area contributed by atoms with Crippen LogP contribution in [0.4, 0.5) is 0 Å². The monoisotopic (exact) mass is 194 g/mol. The summed E-state index contributed by atoms with van der Waals surface area (Å²) in [6.07, 6.45) is 0. The highest BCUT2D eigenvalue weighted by atomic mass is 16.5.